The highest BCUT2D eigenvalue weighted by atomic mass is 35.5. The fraction of sp³-hybridized carbons (Fsp3) is 0.375. The number of nitrogens with one attached hydrogen (secondary N) is 1. The van der Waals surface area contributed by atoms with Crippen molar-refractivity contribution in [1.29, 1.82) is 0 Å². The van der Waals surface area contributed by atoms with Crippen molar-refractivity contribution in [2.24, 2.45) is 0 Å². The van der Waals surface area contributed by atoms with Gasteiger partial charge in [0.25, 0.3) is 0 Å². The minimum Gasteiger partial charge on any atom is -0.494 e. The zero-order valence-corrected chi connectivity index (χ0v) is 26.0. The second-order valence-electron chi connectivity index (χ2n) is 10.0. The molecular weight excluding hydrogens is 574 g/mol. The largest absolute Gasteiger partial charge is 0.494 e. The van der Waals surface area contributed by atoms with E-state index in [2.05, 4.69) is 5.32 Å². The molecule has 3 rings (SSSR count). The minimum absolute atomic E-state index is 0.0585. The molecule has 0 radical (unpaired) electrons. The van der Waals surface area contributed by atoms with Gasteiger partial charge < -0.3 is 15.0 Å². The van der Waals surface area contributed by atoms with Gasteiger partial charge in [0.1, 0.15) is 11.8 Å². The van der Waals surface area contributed by atoms with Crippen LogP contribution in [0.15, 0.2) is 78.9 Å². The number of sulfonamides is 1. The number of carbonyl (C=O) groups excluding carboxylic acids is 2. The molecule has 1 N–H and O–H groups in total. The lowest BCUT2D eigenvalue weighted by Gasteiger charge is -2.32. The maximum atomic E-state index is 13.8. The van der Waals surface area contributed by atoms with Crippen molar-refractivity contribution >= 4 is 39.1 Å². The van der Waals surface area contributed by atoms with E-state index in [1.54, 1.807) is 41.3 Å². The Morgan fingerprint density at radius 2 is 1.60 bits per heavy atom. The van der Waals surface area contributed by atoms with Gasteiger partial charge in [-0.1, -0.05) is 61.0 Å². The third-order valence-corrected chi connectivity index (χ3v) is 8.12. The fourth-order valence-electron chi connectivity index (χ4n) is 4.59. The highest BCUT2D eigenvalue weighted by Crippen LogP contribution is 2.23. The first-order chi connectivity index (χ1) is 20.1. The Morgan fingerprint density at radius 1 is 0.929 bits per heavy atom. The molecule has 0 spiro atoms. The summed E-state index contributed by atoms with van der Waals surface area (Å²) in [5, 5.41) is 3.54. The van der Waals surface area contributed by atoms with Crippen molar-refractivity contribution in [3.63, 3.8) is 0 Å². The highest BCUT2D eigenvalue weighted by Gasteiger charge is 2.30. The maximum Gasteiger partial charge on any atom is 0.243 e. The molecule has 1 atom stereocenters. The molecule has 226 valence electrons. The molecule has 3 aromatic rings. The number of hydrogen-bond acceptors (Lipinski definition) is 5. The Bertz CT molecular complexity index is 1380. The van der Waals surface area contributed by atoms with Gasteiger partial charge >= 0.3 is 0 Å². The monoisotopic (exact) mass is 613 g/mol. The van der Waals surface area contributed by atoms with Crippen LogP contribution in [0.3, 0.4) is 0 Å². The summed E-state index contributed by atoms with van der Waals surface area (Å²) in [6, 6.07) is 22.8. The Hall–Kier alpha value is -3.56. The van der Waals surface area contributed by atoms with Crippen molar-refractivity contribution < 1.29 is 22.7 Å². The molecule has 0 aliphatic heterocycles. The lowest BCUT2D eigenvalue weighted by molar-refractivity contribution is -0.141. The van der Waals surface area contributed by atoms with Crippen LogP contribution in [0, 0.1) is 0 Å². The van der Waals surface area contributed by atoms with Crippen LogP contribution in [0.5, 0.6) is 5.75 Å². The summed E-state index contributed by atoms with van der Waals surface area (Å²) in [6.07, 6.45) is 2.58. The normalized spacial score (nSPS) is 11.9. The number of amides is 2. The number of hydrogen-bond donors (Lipinski definition) is 1. The molecule has 0 saturated heterocycles. The maximum absolute atomic E-state index is 13.8. The van der Waals surface area contributed by atoms with E-state index in [1.807, 2.05) is 56.3 Å². The van der Waals surface area contributed by atoms with Gasteiger partial charge in [0.15, 0.2) is 0 Å². The van der Waals surface area contributed by atoms with Gasteiger partial charge in [0.05, 0.1) is 18.6 Å². The third kappa shape index (κ3) is 10.1. The molecule has 3 aromatic carbocycles. The molecule has 0 heterocycles. The third-order valence-electron chi connectivity index (χ3n) is 6.67. The van der Waals surface area contributed by atoms with Gasteiger partial charge in [-0.15, -0.1) is 0 Å². The minimum atomic E-state index is -3.60. The number of halogens is 1. The van der Waals surface area contributed by atoms with Crippen molar-refractivity contribution in [3.8, 4) is 5.75 Å². The number of ether oxygens (including phenoxy) is 1. The van der Waals surface area contributed by atoms with Crippen molar-refractivity contribution in [2.45, 2.75) is 52.1 Å². The van der Waals surface area contributed by atoms with Crippen LogP contribution in [0.2, 0.25) is 5.02 Å². The summed E-state index contributed by atoms with van der Waals surface area (Å²) in [6.45, 7) is 5.17. The standard InChI is InChI=1S/C32H40ClN3O5S/c1-4-21-34-32(38)30(23-25-10-7-6-8-11-25)35(24-26-13-15-27(33)16-14-26)31(37)12-9-22-36(42(3,39)40)28-17-19-29(20-18-28)41-5-2/h6-8,10-11,13-20,30H,4-5,9,12,21-24H2,1-3H3,(H,34,38)/t30-/m0/s1. The molecule has 8 nitrogen and oxygen atoms in total. The SMILES string of the molecule is CCCNC(=O)[C@H](Cc1ccccc1)N(Cc1ccc(Cl)cc1)C(=O)CCCN(c1ccc(OCC)cc1)S(C)(=O)=O. The van der Waals surface area contributed by atoms with Crippen LogP contribution < -0.4 is 14.4 Å². The van der Waals surface area contributed by atoms with Crippen LogP contribution in [0.4, 0.5) is 5.69 Å². The van der Waals surface area contributed by atoms with Crippen molar-refractivity contribution in [3.05, 3.63) is 95.0 Å². The van der Waals surface area contributed by atoms with E-state index in [4.69, 9.17) is 16.3 Å². The summed E-state index contributed by atoms with van der Waals surface area (Å²) in [7, 11) is -3.60. The average Bonchev–Trinajstić information content (AvgIpc) is 2.97. The Morgan fingerprint density at radius 3 is 2.19 bits per heavy atom. The van der Waals surface area contributed by atoms with Gasteiger partial charge in [-0.05, 0) is 67.3 Å². The Labute approximate surface area is 254 Å². The first-order valence-corrected chi connectivity index (χ1v) is 16.4. The summed E-state index contributed by atoms with van der Waals surface area (Å²) in [4.78, 5) is 28.9. The molecule has 0 unspecified atom stereocenters. The van der Waals surface area contributed by atoms with Gasteiger partial charge in [-0.3, -0.25) is 13.9 Å². The molecule has 42 heavy (non-hydrogen) atoms. The number of rotatable bonds is 16. The van der Waals surface area contributed by atoms with E-state index in [0.717, 1.165) is 23.8 Å². The second-order valence-corrected chi connectivity index (χ2v) is 12.4. The van der Waals surface area contributed by atoms with Crippen molar-refractivity contribution in [1.82, 2.24) is 10.2 Å². The van der Waals surface area contributed by atoms with E-state index in [9.17, 15) is 18.0 Å². The topological polar surface area (TPSA) is 96.0 Å². The Balaban J connectivity index is 1.84. The lowest BCUT2D eigenvalue weighted by atomic mass is 10.0. The van der Waals surface area contributed by atoms with Gasteiger partial charge in [-0.25, -0.2) is 8.42 Å². The predicted molar refractivity (Wildman–Crippen MR) is 168 cm³/mol. The summed E-state index contributed by atoms with van der Waals surface area (Å²) < 4.78 is 32.1. The smallest absolute Gasteiger partial charge is 0.243 e. The molecule has 0 saturated carbocycles. The van der Waals surface area contributed by atoms with Crippen LogP contribution in [-0.2, 0) is 32.6 Å². The molecule has 0 fully saturated rings. The molecular formula is C32H40ClN3O5S. The van der Waals surface area contributed by atoms with Gasteiger partial charge in [-0.2, -0.15) is 0 Å². The zero-order valence-electron chi connectivity index (χ0n) is 24.5. The molecule has 0 bridgehead atoms. The van der Waals surface area contributed by atoms with Crippen LogP contribution in [0.25, 0.3) is 0 Å². The first kappa shape index (κ1) is 32.9. The van der Waals surface area contributed by atoms with Crippen LogP contribution >= 0.6 is 11.6 Å². The summed E-state index contributed by atoms with van der Waals surface area (Å²) in [5.41, 5.74) is 2.26. The number of benzene rings is 3. The quantitative estimate of drug-likeness (QED) is 0.232. The summed E-state index contributed by atoms with van der Waals surface area (Å²) in [5.74, 6) is 0.182. The molecule has 10 heteroatoms. The molecule has 0 aromatic heterocycles. The number of anilines is 1. The lowest BCUT2D eigenvalue weighted by Crippen LogP contribution is -2.50. The van der Waals surface area contributed by atoms with E-state index < -0.39 is 16.1 Å². The zero-order chi connectivity index (χ0) is 30.5. The second kappa shape index (κ2) is 16.2. The van der Waals surface area contributed by atoms with E-state index >= 15 is 0 Å². The average molecular weight is 614 g/mol. The fourth-order valence-corrected chi connectivity index (χ4v) is 5.68. The molecule has 0 aliphatic rings. The van der Waals surface area contributed by atoms with Crippen LogP contribution in [0.1, 0.15) is 44.2 Å². The predicted octanol–water partition coefficient (Wildman–Crippen LogP) is 5.45. The van der Waals surface area contributed by atoms with Gasteiger partial charge in [0, 0.05) is 37.5 Å². The van der Waals surface area contributed by atoms with E-state index in [0.29, 0.717) is 36.0 Å². The highest BCUT2D eigenvalue weighted by molar-refractivity contribution is 7.92. The van der Waals surface area contributed by atoms with E-state index in [-0.39, 0.29) is 37.7 Å². The van der Waals surface area contributed by atoms with E-state index in [1.165, 1.54) is 4.31 Å². The van der Waals surface area contributed by atoms with Gasteiger partial charge in [0.2, 0.25) is 21.8 Å². The molecule has 0 aliphatic carbocycles. The first-order valence-electron chi connectivity index (χ1n) is 14.2. The summed E-state index contributed by atoms with van der Waals surface area (Å²) >= 11 is 6.09. The van der Waals surface area contributed by atoms with Crippen LogP contribution in [-0.4, -0.2) is 57.1 Å². The number of nitrogens with zero attached hydrogens (tertiary/aromatic N) is 2. The molecule has 2 amide bonds. The Kier molecular flexibility index (Phi) is 12.7. The number of carbonyl (C=O) groups is 2. The van der Waals surface area contributed by atoms with Crippen molar-refractivity contribution in [2.75, 3.05) is 30.3 Å².